The van der Waals surface area contributed by atoms with Crippen molar-refractivity contribution in [3.8, 4) is 11.3 Å². The molecule has 0 aliphatic heterocycles. The van der Waals surface area contributed by atoms with Crippen LogP contribution in [-0.2, 0) is 6.42 Å². The molecule has 0 amide bonds. The molecule has 0 saturated carbocycles. The van der Waals surface area contributed by atoms with E-state index in [1.165, 1.54) is 11.1 Å². The minimum atomic E-state index is 0.616. The molecule has 0 fully saturated rings. The third-order valence-corrected chi connectivity index (χ3v) is 4.39. The highest BCUT2D eigenvalue weighted by molar-refractivity contribution is 6.08. The van der Waals surface area contributed by atoms with E-state index in [1.54, 1.807) is 6.20 Å². The monoisotopic (exact) mass is 316 g/mol. The maximum absolute atomic E-state index is 6.04. The Morgan fingerprint density at radius 3 is 2.71 bits per heavy atom. The van der Waals surface area contributed by atoms with Gasteiger partial charge in [0.1, 0.15) is 5.58 Å². The maximum Gasteiger partial charge on any atom is 0.227 e. The van der Waals surface area contributed by atoms with Crippen molar-refractivity contribution in [2.75, 3.05) is 0 Å². The molecular weight excluding hydrogens is 296 g/mol. The number of hydrogen-bond acceptors (Lipinski definition) is 3. The third kappa shape index (κ3) is 2.46. The van der Waals surface area contributed by atoms with Gasteiger partial charge in [-0.1, -0.05) is 26.0 Å². The Balaban J connectivity index is 1.93. The van der Waals surface area contributed by atoms with Crippen LogP contribution in [0.5, 0.6) is 0 Å². The lowest BCUT2D eigenvalue weighted by atomic mass is 9.97. The smallest absolute Gasteiger partial charge is 0.227 e. The molecule has 1 aromatic carbocycles. The Bertz CT molecular complexity index is 1030. The molecular formula is C21H20N2O. The Kier molecular flexibility index (Phi) is 3.57. The molecule has 0 aliphatic rings. The van der Waals surface area contributed by atoms with Gasteiger partial charge in [-0.25, -0.2) is 4.98 Å². The van der Waals surface area contributed by atoms with Crippen molar-refractivity contribution in [2.45, 2.75) is 27.2 Å². The molecule has 4 rings (SSSR count). The quantitative estimate of drug-likeness (QED) is 0.497. The first-order chi connectivity index (χ1) is 11.6. The largest absolute Gasteiger partial charge is 0.437 e. The second-order valence-corrected chi connectivity index (χ2v) is 6.73. The third-order valence-electron chi connectivity index (χ3n) is 4.39. The van der Waals surface area contributed by atoms with Crippen LogP contribution < -0.4 is 0 Å². The van der Waals surface area contributed by atoms with Crippen LogP contribution in [0.15, 0.2) is 53.2 Å². The number of rotatable bonds is 3. The lowest BCUT2D eigenvalue weighted by molar-refractivity contribution is 0.644. The van der Waals surface area contributed by atoms with E-state index in [0.29, 0.717) is 11.6 Å². The van der Waals surface area contributed by atoms with Crippen molar-refractivity contribution >= 4 is 22.1 Å². The molecule has 0 aliphatic carbocycles. The molecule has 0 bridgehead atoms. The van der Waals surface area contributed by atoms with Crippen LogP contribution in [0.4, 0.5) is 0 Å². The lowest BCUT2D eigenvalue weighted by Crippen LogP contribution is -1.99. The second kappa shape index (κ2) is 5.75. The van der Waals surface area contributed by atoms with Crippen molar-refractivity contribution in [1.29, 1.82) is 0 Å². The molecule has 0 spiro atoms. The molecule has 0 radical (unpaired) electrons. The Labute approximate surface area is 141 Å². The summed E-state index contributed by atoms with van der Waals surface area (Å²) in [6, 6.07) is 12.4. The number of benzene rings is 1. The SMILES string of the molecule is Cc1cnc(-c2cccc3c2oc2ncccc23)cc1CC(C)C. The van der Waals surface area contributed by atoms with Gasteiger partial charge in [-0.15, -0.1) is 0 Å². The molecule has 3 nitrogen and oxygen atoms in total. The standard InChI is InChI=1S/C21H20N2O/c1-13(2)10-15-11-19(23-12-14(15)3)18-7-4-6-16-17-8-5-9-22-21(17)24-20(16)18/h4-9,11-13H,10H2,1-3H3. The molecule has 3 aromatic heterocycles. The zero-order valence-corrected chi connectivity index (χ0v) is 14.2. The summed E-state index contributed by atoms with van der Waals surface area (Å²) in [6.45, 7) is 6.61. The zero-order valence-electron chi connectivity index (χ0n) is 14.2. The number of hydrogen-bond donors (Lipinski definition) is 0. The van der Waals surface area contributed by atoms with E-state index in [-0.39, 0.29) is 0 Å². The number of furan rings is 1. The van der Waals surface area contributed by atoms with Gasteiger partial charge in [0.2, 0.25) is 5.71 Å². The fraction of sp³-hybridized carbons (Fsp3) is 0.238. The molecule has 3 heterocycles. The molecule has 0 saturated heterocycles. The number of nitrogens with zero attached hydrogens (tertiary/aromatic N) is 2. The van der Waals surface area contributed by atoms with Crippen LogP contribution in [0.3, 0.4) is 0 Å². The predicted octanol–water partition coefficient (Wildman–Crippen LogP) is 5.55. The summed E-state index contributed by atoms with van der Waals surface area (Å²) in [5.41, 5.74) is 6.11. The summed E-state index contributed by atoms with van der Waals surface area (Å²) in [6.07, 6.45) is 4.78. The number of fused-ring (bicyclic) bond motifs is 3. The molecule has 4 aromatic rings. The number of pyridine rings is 2. The van der Waals surface area contributed by atoms with Crippen LogP contribution in [0.25, 0.3) is 33.3 Å². The van der Waals surface area contributed by atoms with Gasteiger partial charge in [-0.3, -0.25) is 4.98 Å². The van der Waals surface area contributed by atoms with Crippen molar-refractivity contribution in [3.63, 3.8) is 0 Å². The average molecular weight is 316 g/mol. The van der Waals surface area contributed by atoms with Crippen LogP contribution in [0.1, 0.15) is 25.0 Å². The van der Waals surface area contributed by atoms with E-state index in [2.05, 4.69) is 55.0 Å². The van der Waals surface area contributed by atoms with E-state index in [1.807, 2.05) is 18.3 Å². The van der Waals surface area contributed by atoms with Gasteiger partial charge in [0.25, 0.3) is 0 Å². The summed E-state index contributed by atoms with van der Waals surface area (Å²) in [4.78, 5) is 8.99. The molecule has 120 valence electrons. The average Bonchev–Trinajstić information content (AvgIpc) is 2.95. The fourth-order valence-corrected chi connectivity index (χ4v) is 3.21. The van der Waals surface area contributed by atoms with Crippen LogP contribution >= 0.6 is 0 Å². The summed E-state index contributed by atoms with van der Waals surface area (Å²) >= 11 is 0. The van der Waals surface area contributed by atoms with Gasteiger partial charge < -0.3 is 4.42 Å². The number of aryl methyl sites for hydroxylation is 1. The topological polar surface area (TPSA) is 38.9 Å². The Hall–Kier alpha value is -2.68. The van der Waals surface area contributed by atoms with Crippen molar-refractivity contribution in [3.05, 3.63) is 59.9 Å². The van der Waals surface area contributed by atoms with Gasteiger partial charge >= 0.3 is 0 Å². The lowest BCUT2D eigenvalue weighted by Gasteiger charge is -2.10. The molecule has 24 heavy (non-hydrogen) atoms. The highest BCUT2D eigenvalue weighted by Crippen LogP contribution is 2.34. The first-order valence-corrected chi connectivity index (χ1v) is 8.35. The van der Waals surface area contributed by atoms with Crippen LogP contribution in [-0.4, -0.2) is 9.97 Å². The van der Waals surface area contributed by atoms with Gasteiger partial charge in [0.15, 0.2) is 0 Å². The molecule has 3 heteroatoms. The van der Waals surface area contributed by atoms with Gasteiger partial charge in [-0.05, 0) is 54.7 Å². The first-order valence-electron chi connectivity index (χ1n) is 8.35. The van der Waals surface area contributed by atoms with Gasteiger partial charge in [0, 0.05) is 28.7 Å². The van der Waals surface area contributed by atoms with Gasteiger partial charge in [-0.2, -0.15) is 0 Å². The fourth-order valence-electron chi connectivity index (χ4n) is 3.21. The van der Waals surface area contributed by atoms with E-state index in [4.69, 9.17) is 4.42 Å². The van der Waals surface area contributed by atoms with Crippen molar-refractivity contribution < 1.29 is 4.42 Å². The van der Waals surface area contributed by atoms with E-state index < -0.39 is 0 Å². The van der Waals surface area contributed by atoms with Crippen LogP contribution in [0.2, 0.25) is 0 Å². The van der Waals surface area contributed by atoms with Crippen molar-refractivity contribution in [2.24, 2.45) is 5.92 Å². The maximum atomic E-state index is 6.04. The minimum Gasteiger partial charge on any atom is -0.437 e. The highest BCUT2D eigenvalue weighted by Gasteiger charge is 2.14. The molecule has 0 atom stereocenters. The summed E-state index contributed by atoms with van der Waals surface area (Å²) in [5.74, 6) is 0.616. The molecule has 0 unspecified atom stereocenters. The van der Waals surface area contributed by atoms with Crippen molar-refractivity contribution in [1.82, 2.24) is 9.97 Å². The highest BCUT2D eigenvalue weighted by atomic mass is 16.3. The van der Waals surface area contributed by atoms with E-state index >= 15 is 0 Å². The van der Waals surface area contributed by atoms with Crippen LogP contribution in [0, 0.1) is 12.8 Å². The summed E-state index contributed by atoms with van der Waals surface area (Å²) in [7, 11) is 0. The molecule has 0 N–H and O–H groups in total. The minimum absolute atomic E-state index is 0.616. The van der Waals surface area contributed by atoms with Gasteiger partial charge in [0.05, 0.1) is 5.69 Å². The summed E-state index contributed by atoms with van der Waals surface area (Å²) in [5, 5.41) is 2.13. The van der Waals surface area contributed by atoms with E-state index in [0.717, 1.165) is 34.0 Å². The zero-order chi connectivity index (χ0) is 16.7. The number of aromatic nitrogens is 2. The normalized spacial score (nSPS) is 11.7. The van der Waals surface area contributed by atoms with E-state index in [9.17, 15) is 0 Å². The Morgan fingerprint density at radius 1 is 1.04 bits per heavy atom. The second-order valence-electron chi connectivity index (χ2n) is 6.73. The first kappa shape index (κ1) is 14.9. The number of para-hydroxylation sites is 1. The Morgan fingerprint density at radius 2 is 1.88 bits per heavy atom. The predicted molar refractivity (Wildman–Crippen MR) is 98.0 cm³/mol. The summed E-state index contributed by atoms with van der Waals surface area (Å²) < 4.78 is 6.04.